The monoisotopic (exact) mass is 528 g/mol. The average molecular weight is 529 g/mol. The van der Waals surface area contributed by atoms with E-state index in [-0.39, 0.29) is 43.7 Å². The maximum Gasteiger partial charge on any atom is 0.410 e. The largest absolute Gasteiger partial charge is 0.493 e. The zero-order chi connectivity index (χ0) is 27.5. The van der Waals surface area contributed by atoms with Gasteiger partial charge in [-0.25, -0.2) is 4.79 Å². The molecular weight excluding hydrogens is 488 g/mol. The molecule has 1 N–H and O–H groups in total. The molecule has 2 aromatic carbocycles. The number of ether oxygens (including phenoxy) is 4. The summed E-state index contributed by atoms with van der Waals surface area (Å²) in [6.07, 6.45) is 0.837. The lowest BCUT2D eigenvalue weighted by molar-refractivity contribution is 0.00795. The molecule has 0 aromatic heterocycles. The number of benzene rings is 2. The second-order valence-corrected chi connectivity index (χ2v) is 9.65. The number of piperidine rings is 1. The molecule has 1 aliphatic rings. The molecule has 1 aliphatic heterocycles. The highest BCUT2D eigenvalue weighted by atomic mass is 16.6. The highest BCUT2D eigenvalue weighted by molar-refractivity contribution is 5.95. The molecule has 0 aliphatic carbocycles. The van der Waals surface area contributed by atoms with Crippen LogP contribution in [0.3, 0.4) is 0 Å². The van der Waals surface area contributed by atoms with Gasteiger partial charge in [0.1, 0.15) is 6.61 Å². The lowest BCUT2D eigenvalue weighted by Crippen LogP contribution is -2.58. The zero-order valence-electron chi connectivity index (χ0n) is 22.8. The SMILES string of the molecule is COCCCOc1cc(C(=O)N(C(C)C)C2CN(C(=O)OCc3ccccc3)CCC2CO)ccc1OC. The average Bonchev–Trinajstić information content (AvgIpc) is 2.94. The van der Waals surface area contributed by atoms with Crippen molar-refractivity contribution in [1.82, 2.24) is 9.80 Å². The summed E-state index contributed by atoms with van der Waals surface area (Å²) in [7, 11) is 3.19. The van der Waals surface area contributed by atoms with Gasteiger partial charge in [-0.2, -0.15) is 0 Å². The molecule has 0 spiro atoms. The van der Waals surface area contributed by atoms with Gasteiger partial charge in [-0.15, -0.1) is 0 Å². The van der Waals surface area contributed by atoms with Gasteiger partial charge in [-0.05, 0) is 44.0 Å². The summed E-state index contributed by atoms with van der Waals surface area (Å²) in [4.78, 5) is 30.1. The predicted octanol–water partition coefficient (Wildman–Crippen LogP) is 3.98. The van der Waals surface area contributed by atoms with Crippen molar-refractivity contribution in [3.63, 3.8) is 0 Å². The van der Waals surface area contributed by atoms with Crippen LogP contribution < -0.4 is 9.47 Å². The molecule has 9 heteroatoms. The van der Waals surface area contributed by atoms with Crippen molar-refractivity contribution < 1.29 is 33.6 Å². The Morgan fingerprint density at radius 1 is 1.08 bits per heavy atom. The van der Waals surface area contributed by atoms with Crippen LogP contribution in [0.1, 0.15) is 42.6 Å². The van der Waals surface area contributed by atoms with E-state index < -0.39 is 6.09 Å². The van der Waals surface area contributed by atoms with E-state index >= 15 is 0 Å². The number of nitrogens with zero attached hydrogens (tertiary/aromatic N) is 2. The molecular formula is C29H40N2O7. The fourth-order valence-corrected chi connectivity index (χ4v) is 4.71. The number of carbonyl (C=O) groups excluding carboxylic acids is 2. The van der Waals surface area contributed by atoms with E-state index in [2.05, 4.69) is 0 Å². The van der Waals surface area contributed by atoms with E-state index in [1.165, 1.54) is 0 Å². The van der Waals surface area contributed by atoms with Crippen LogP contribution in [0.25, 0.3) is 0 Å². The number of carbonyl (C=O) groups is 2. The Balaban J connectivity index is 1.77. The third kappa shape index (κ3) is 7.61. The molecule has 2 aromatic rings. The van der Waals surface area contributed by atoms with Crippen molar-refractivity contribution in [2.75, 3.05) is 47.1 Å². The molecule has 1 saturated heterocycles. The summed E-state index contributed by atoms with van der Waals surface area (Å²) in [6, 6.07) is 14.1. The lowest BCUT2D eigenvalue weighted by atomic mass is 9.89. The van der Waals surface area contributed by atoms with E-state index in [4.69, 9.17) is 18.9 Å². The normalized spacial score (nSPS) is 17.3. The van der Waals surface area contributed by atoms with E-state index in [1.54, 1.807) is 42.2 Å². The Kier molecular flexibility index (Phi) is 11.2. The predicted molar refractivity (Wildman–Crippen MR) is 143 cm³/mol. The molecule has 2 unspecified atom stereocenters. The summed E-state index contributed by atoms with van der Waals surface area (Å²) in [5.41, 5.74) is 1.35. The maximum atomic E-state index is 13.9. The lowest BCUT2D eigenvalue weighted by Gasteiger charge is -2.45. The Hall–Kier alpha value is -3.30. The van der Waals surface area contributed by atoms with Gasteiger partial charge in [0, 0.05) is 57.4 Å². The number of methoxy groups -OCH3 is 2. The van der Waals surface area contributed by atoms with Crippen molar-refractivity contribution in [3.05, 3.63) is 59.7 Å². The Morgan fingerprint density at radius 2 is 1.84 bits per heavy atom. The van der Waals surface area contributed by atoms with Gasteiger partial charge in [0.15, 0.2) is 11.5 Å². The van der Waals surface area contributed by atoms with Crippen LogP contribution in [0.15, 0.2) is 48.5 Å². The van der Waals surface area contributed by atoms with Crippen LogP contribution in [0.4, 0.5) is 4.79 Å². The number of amides is 2. The first-order valence-electron chi connectivity index (χ1n) is 13.1. The van der Waals surface area contributed by atoms with Crippen LogP contribution in [-0.2, 0) is 16.1 Å². The molecule has 0 radical (unpaired) electrons. The number of likely N-dealkylation sites (tertiary alicyclic amines) is 1. The maximum absolute atomic E-state index is 13.9. The first-order chi connectivity index (χ1) is 18.4. The molecule has 2 atom stereocenters. The Bertz CT molecular complexity index is 1030. The first-order valence-corrected chi connectivity index (χ1v) is 13.1. The van der Waals surface area contributed by atoms with Crippen LogP contribution in [0.2, 0.25) is 0 Å². The number of rotatable bonds is 12. The van der Waals surface area contributed by atoms with Gasteiger partial charge >= 0.3 is 6.09 Å². The van der Waals surface area contributed by atoms with Gasteiger partial charge in [-0.1, -0.05) is 30.3 Å². The van der Waals surface area contributed by atoms with Gasteiger partial charge in [0.05, 0.1) is 19.8 Å². The van der Waals surface area contributed by atoms with E-state index in [1.807, 2.05) is 44.2 Å². The molecule has 208 valence electrons. The van der Waals surface area contributed by atoms with Crippen molar-refractivity contribution >= 4 is 12.0 Å². The number of hydrogen-bond acceptors (Lipinski definition) is 7. The van der Waals surface area contributed by atoms with Crippen LogP contribution in [0, 0.1) is 5.92 Å². The fraction of sp³-hybridized carbons (Fsp3) is 0.517. The molecule has 2 amide bonds. The second kappa shape index (κ2) is 14.6. The Labute approximate surface area is 225 Å². The van der Waals surface area contributed by atoms with Gasteiger partial charge in [0.2, 0.25) is 0 Å². The third-order valence-corrected chi connectivity index (χ3v) is 6.73. The van der Waals surface area contributed by atoms with Gasteiger partial charge < -0.3 is 33.9 Å². The van der Waals surface area contributed by atoms with Crippen LogP contribution in [0.5, 0.6) is 11.5 Å². The summed E-state index contributed by atoms with van der Waals surface area (Å²) >= 11 is 0. The first kappa shape index (κ1) is 29.3. The van der Waals surface area contributed by atoms with Gasteiger partial charge in [0.25, 0.3) is 5.91 Å². The van der Waals surface area contributed by atoms with Crippen molar-refractivity contribution in [2.45, 2.75) is 45.4 Å². The topological polar surface area (TPSA) is 97.8 Å². The molecule has 0 bridgehead atoms. The summed E-state index contributed by atoms with van der Waals surface area (Å²) in [5.74, 6) is 0.648. The minimum absolute atomic E-state index is 0.0788. The van der Waals surface area contributed by atoms with E-state index in [9.17, 15) is 14.7 Å². The molecule has 38 heavy (non-hydrogen) atoms. The number of hydrogen-bond donors (Lipinski definition) is 1. The van der Waals surface area contributed by atoms with E-state index in [0.717, 1.165) is 5.56 Å². The fourth-order valence-electron chi connectivity index (χ4n) is 4.71. The molecule has 3 rings (SSSR count). The molecule has 0 saturated carbocycles. The number of aliphatic hydroxyl groups is 1. The highest BCUT2D eigenvalue weighted by Crippen LogP contribution is 2.31. The molecule has 1 heterocycles. The second-order valence-electron chi connectivity index (χ2n) is 9.65. The summed E-state index contributed by atoms with van der Waals surface area (Å²) in [6.45, 7) is 5.69. The molecule has 1 fully saturated rings. The van der Waals surface area contributed by atoms with Crippen molar-refractivity contribution in [3.8, 4) is 11.5 Å². The quantitative estimate of drug-likeness (QED) is 0.416. The Morgan fingerprint density at radius 3 is 2.50 bits per heavy atom. The van der Waals surface area contributed by atoms with E-state index in [0.29, 0.717) is 49.7 Å². The smallest absolute Gasteiger partial charge is 0.410 e. The molecule has 9 nitrogen and oxygen atoms in total. The van der Waals surface area contributed by atoms with Gasteiger partial charge in [-0.3, -0.25) is 4.79 Å². The summed E-state index contributed by atoms with van der Waals surface area (Å²) < 4.78 is 21.9. The minimum Gasteiger partial charge on any atom is -0.493 e. The number of aliphatic hydroxyl groups excluding tert-OH is 1. The minimum atomic E-state index is -0.428. The third-order valence-electron chi connectivity index (χ3n) is 6.73. The highest BCUT2D eigenvalue weighted by Gasteiger charge is 2.39. The zero-order valence-corrected chi connectivity index (χ0v) is 22.8. The van der Waals surface area contributed by atoms with Crippen molar-refractivity contribution in [2.24, 2.45) is 5.92 Å². The summed E-state index contributed by atoms with van der Waals surface area (Å²) in [5, 5.41) is 10.2. The standard InChI is InChI=1S/C29H40N2O7/c1-21(2)31(28(33)23-11-12-26(36-4)27(17-23)37-16-8-15-35-3)25-18-30(14-13-24(25)19-32)29(34)38-20-22-9-6-5-7-10-22/h5-7,9-12,17,21,24-25,32H,8,13-16,18-20H2,1-4H3. The van der Waals surface area contributed by atoms with Crippen molar-refractivity contribution in [1.29, 1.82) is 0 Å². The van der Waals surface area contributed by atoms with Crippen LogP contribution in [-0.4, -0.2) is 86.1 Å². The van der Waals surface area contributed by atoms with Crippen LogP contribution >= 0.6 is 0 Å².